The summed E-state index contributed by atoms with van der Waals surface area (Å²) in [7, 11) is 0. The molecule has 2 aromatic heterocycles. The molecule has 0 fully saturated rings. The van der Waals surface area contributed by atoms with Crippen LogP contribution in [0.25, 0.3) is 33.3 Å². The summed E-state index contributed by atoms with van der Waals surface area (Å²) in [6.07, 6.45) is 3.59. The lowest BCUT2D eigenvalue weighted by molar-refractivity contribution is -0.114. The predicted molar refractivity (Wildman–Crippen MR) is 145 cm³/mol. The number of imidazole rings is 1. The lowest BCUT2D eigenvalue weighted by atomic mass is 10.0. The van der Waals surface area contributed by atoms with Crippen molar-refractivity contribution in [2.24, 2.45) is 0 Å². The number of anilines is 2. The lowest BCUT2D eigenvalue weighted by Crippen LogP contribution is -2.11. The summed E-state index contributed by atoms with van der Waals surface area (Å²) in [5.41, 5.74) is 4.47. The minimum absolute atomic E-state index is 0.181. The number of nitrogens with one attached hydrogen (secondary N) is 3. The van der Waals surface area contributed by atoms with Gasteiger partial charge < -0.3 is 15.6 Å². The number of aromatic nitrogens is 3. The number of pyridine rings is 1. The molecule has 0 atom stereocenters. The van der Waals surface area contributed by atoms with Gasteiger partial charge in [-0.2, -0.15) is 0 Å². The van der Waals surface area contributed by atoms with Crippen LogP contribution in [-0.4, -0.2) is 33.0 Å². The summed E-state index contributed by atoms with van der Waals surface area (Å²) in [6.45, 7) is 1.44. The highest BCUT2D eigenvalue weighted by molar-refractivity contribution is 7.98. The second-order valence-corrected chi connectivity index (χ2v) is 8.97. The Labute approximate surface area is 212 Å². The number of rotatable bonds is 6. The van der Waals surface area contributed by atoms with Crippen LogP contribution in [0.5, 0.6) is 0 Å². The quantitative estimate of drug-likeness (QED) is 0.244. The lowest BCUT2D eigenvalue weighted by Gasteiger charge is -2.09. The number of H-pyrrole nitrogens is 1. The third-order valence-corrected chi connectivity index (χ3v) is 6.21. The third kappa shape index (κ3) is 4.99. The van der Waals surface area contributed by atoms with Crippen molar-refractivity contribution in [1.82, 2.24) is 15.0 Å². The average Bonchev–Trinajstić information content (AvgIpc) is 3.33. The SMILES string of the molecule is CSc1nc(-c2cccc(NC(=O)c3ccc4ccccc4c3)c2)c(-c2ccnc(NC(C)=O)c2)[nH]1. The Bertz CT molecular complexity index is 1590. The maximum Gasteiger partial charge on any atom is 0.255 e. The number of thioether (sulfide) groups is 1. The summed E-state index contributed by atoms with van der Waals surface area (Å²) in [5.74, 6) is 0.0887. The largest absolute Gasteiger partial charge is 0.332 e. The van der Waals surface area contributed by atoms with Gasteiger partial charge in [-0.25, -0.2) is 9.97 Å². The van der Waals surface area contributed by atoms with Crippen molar-refractivity contribution in [2.45, 2.75) is 12.1 Å². The zero-order valence-electron chi connectivity index (χ0n) is 19.7. The fraction of sp³-hybridized carbons (Fsp3) is 0.0714. The molecule has 3 N–H and O–H groups in total. The average molecular weight is 494 g/mol. The second kappa shape index (κ2) is 10.1. The van der Waals surface area contributed by atoms with E-state index in [0.29, 0.717) is 17.1 Å². The van der Waals surface area contributed by atoms with E-state index < -0.39 is 0 Å². The third-order valence-electron chi connectivity index (χ3n) is 5.63. The van der Waals surface area contributed by atoms with E-state index in [4.69, 9.17) is 4.98 Å². The van der Waals surface area contributed by atoms with Gasteiger partial charge in [-0.15, -0.1) is 0 Å². The highest BCUT2D eigenvalue weighted by Gasteiger charge is 2.16. The van der Waals surface area contributed by atoms with Crippen LogP contribution in [0.4, 0.5) is 11.5 Å². The van der Waals surface area contributed by atoms with E-state index in [9.17, 15) is 9.59 Å². The molecule has 5 aromatic rings. The van der Waals surface area contributed by atoms with E-state index in [0.717, 1.165) is 38.4 Å². The van der Waals surface area contributed by atoms with Crippen molar-refractivity contribution in [3.05, 3.63) is 90.6 Å². The molecular weight excluding hydrogens is 470 g/mol. The molecule has 8 heteroatoms. The minimum atomic E-state index is -0.191. The number of benzene rings is 3. The van der Waals surface area contributed by atoms with E-state index in [2.05, 4.69) is 20.6 Å². The molecule has 36 heavy (non-hydrogen) atoms. The molecule has 0 aliphatic carbocycles. The first kappa shape index (κ1) is 23.3. The number of hydrogen-bond acceptors (Lipinski definition) is 5. The van der Waals surface area contributed by atoms with E-state index in [1.54, 1.807) is 12.3 Å². The van der Waals surface area contributed by atoms with Gasteiger partial charge in [0.2, 0.25) is 5.91 Å². The van der Waals surface area contributed by atoms with E-state index in [1.165, 1.54) is 18.7 Å². The van der Waals surface area contributed by atoms with Crippen molar-refractivity contribution in [3.8, 4) is 22.5 Å². The molecule has 178 valence electrons. The summed E-state index contributed by atoms with van der Waals surface area (Å²) >= 11 is 1.50. The van der Waals surface area contributed by atoms with Crippen molar-refractivity contribution in [3.63, 3.8) is 0 Å². The zero-order chi connectivity index (χ0) is 25.1. The van der Waals surface area contributed by atoms with Gasteiger partial charge in [0, 0.05) is 35.5 Å². The van der Waals surface area contributed by atoms with Crippen LogP contribution in [0.2, 0.25) is 0 Å². The molecule has 0 radical (unpaired) electrons. The Morgan fingerprint density at radius 2 is 1.69 bits per heavy atom. The number of carbonyl (C=O) groups excluding carboxylic acids is 2. The van der Waals surface area contributed by atoms with Crippen LogP contribution in [-0.2, 0) is 4.79 Å². The number of aromatic amines is 1. The molecule has 0 aliphatic heterocycles. The molecule has 3 aromatic carbocycles. The standard InChI is InChI=1S/C28H23N5O2S/c1-17(34)30-24-16-21(12-13-29-24)26-25(32-28(33-26)36-2)20-8-5-9-23(15-20)31-27(35)22-11-10-18-6-3-4-7-19(18)14-22/h3-16H,1-2H3,(H,31,35)(H,32,33)(H,29,30,34). The van der Waals surface area contributed by atoms with Crippen molar-refractivity contribution >= 4 is 45.9 Å². The number of carbonyl (C=O) groups is 2. The molecule has 2 amide bonds. The molecule has 0 saturated carbocycles. The van der Waals surface area contributed by atoms with Gasteiger partial charge in [-0.1, -0.05) is 54.2 Å². The van der Waals surface area contributed by atoms with Crippen molar-refractivity contribution in [2.75, 3.05) is 16.9 Å². The Morgan fingerprint density at radius 1 is 0.861 bits per heavy atom. The first-order valence-electron chi connectivity index (χ1n) is 11.3. The molecule has 0 bridgehead atoms. The number of hydrogen-bond donors (Lipinski definition) is 3. The Balaban J connectivity index is 1.46. The zero-order valence-corrected chi connectivity index (χ0v) is 20.5. The Hall–Kier alpha value is -4.43. The molecule has 0 aliphatic rings. The normalized spacial score (nSPS) is 10.8. The predicted octanol–water partition coefficient (Wildman–Crippen LogP) is 6.22. The summed E-state index contributed by atoms with van der Waals surface area (Å²) in [6, 6.07) is 24.9. The molecular formula is C28H23N5O2S. The summed E-state index contributed by atoms with van der Waals surface area (Å²) < 4.78 is 0. The molecule has 7 nitrogen and oxygen atoms in total. The monoisotopic (exact) mass is 493 g/mol. The van der Waals surface area contributed by atoms with E-state index in [1.807, 2.05) is 79.1 Å². The van der Waals surface area contributed by atoms with Gasteiger partial charge >= 0.3 is 0 Å². The summed E-state index contributed by atoms with van der Waals surface area (Å²) in [4.78, 5) is 36.8. The fourth-order valence-electron chi connectivity index (χ4n) is 3.98. The van der Waals surface area contributed by atoms with Gasteiger partial charge in [-0.3, -0.25) is 9.59 Å². The van der Waals surface area contributed by atoms with E-state index in [-0.39, 0.29) is 11.8 Å². The number of amides is 2. The van der Waals surface area contributed by atoms with Crippen LogP contribution < -0.4 is 10.6 Å². The Morgan fingerprint density at radius 3 is 2.50 bits per heavy atom. The van der Waals surface area contributed by atoms with Crippen LogP contribution in [0.1, 0.15) is 17.3 Å². The molecule has 5 rings (SSSR count). The van der Waals surface area contributed by atoms with Crippen LogP contribution >= 0.6 is 11.8 Å². The second-order valence-electron chi connectivity index (χ2n) is 8.18. The van der Waals surface area contributed by atoms with Gasteiger partial charge in [-0.05, 0) is 53.4 Å². The fourth-order valence-corrected chi connectivity index (χ4v) is 4.37. The van der Waals surface area contributed by atoms with Crippen LogP contribution in [0.15, 0.2) is 90.2 Å². The highest BCUT2D eigenvalue weighted by Crippen LogP contribution is 2.34. The van der Waals surface area contributed by atoms with Gasteiger partial charge in [0.1, 0.15) is 5.82 Å². The highest BCUT2D eigenvalue weighted by atomic mass is 32.2. The van der Waals surface area contributed by atoms with Gasteiger partial charge in [0.25, 0.3) is 5.91 Å². The first-order valence-corrected chi connectivity index (χ1v) is 12.5. The molecule has 0 spiro atoms. The van der Waals surface area contributed by atoms with Gasteiger partial charge in [0.05, 0.1) is 11.4 Å². The smallest absolute Gasteiger partial charge is 0.255 e. The molecule has 0 unspecified atom stereocenters. The first-order chi connectivity index (χ1) is 17.5. The number of nitrogens with zero attached hydrogens (tertiary/aromatic N) is 2. The maximum atomic E-state index is 13.0. The van der Waals surface area contributed by atoms with Crippen molar-refractivity contribution < 1.29 is 9.59 Å². The van der Waals surface area contributed by atoms with Gasteiger partial charge in [0.15, 0.2) is 5.16 Å². The van der Waals surface area contributed by atoms with Crippen molar-refractivity contribution in [1.29, 1.82) is 0 Å². The molecule has 2 heterocycles. The topological polar surface area (TPSA) is 99.8 Å². The van der Waals surface area contributed by atoms with E-state index >= 15 is 0 Å². The summed E-state index contributed by atoms with van der Waals surface area (Å²) in [5, 5.41) is 8.57. The van der Waals surface area contributed by atoms with Crippen LogP contribution in [0.3, 0.4) is 0 Å². The van der Waals surface area contributed by atoms with Crippen LogP contribution in [0, 0.1) is 0 Å². The maximum absolute atomic E-state index is 13.0. The number of fused-ring (bicyclic) bond motifs is 1. The Kier molecular flexibility index (Phi) is 6.51. The minimum Gasteiger partial charge on any atom is -0.332 e. The molecule has 0 saturated heterocycles.